The summed E-state index contributed by atoms with van der Waals surface area (Å²) in [5.74, 6) is 0.685. The highest BCUT2D eigenvalue weighted by Gasteiger charge is 2.48. The van der Waals surface area contributed by atoms with Gasteiger partial charge in [0.25, 0.3) is 0 Å². The third-order valence-corrected chi connectivity index (χ3v) is 7.00. The summed E-state index contributed by atoms with van der Waals surface area (Å²) in [5, 5.41) is 1.15. The molecule has 0 radical (unpaired) electrons. The molecule has 3 aromatic heterocycles. The van der Waals surface area contributed by atoms with Crippen LogP contribution in [0, 0.1) is 0 Å². The van der Waals surface area contributed by atoms with Crippen molar-refractivity contribution in [1.82, 2.24) is 23.8 Å². The number of rotatable bonds is 5. The summed E-state index contributed by atoms with van der Waals surface area (Å²) in [6, 6.07) is 18.5. The quantitative estimate of drug-likeness (QED) is 0.298. The number of hydrogen-bond acceptors (Lipinski definition) is 5. The summed E-state index contributed by atoms with van der Waals surface area (Å²) in [7, 11) is 1.30. The number of fused-ring (bicyclic) bond motifs is 2. The summed E-state index contributed by atoms with van der Waals surface area (Å²) in [6.45, 7) is 0.251. The van der Waals surface area contributed by atoms with Gasteiger partial charge in [-0.1, -0.05) is 36.4 Å². The number of aromatic nitrogens is 4. The third kappa shape index (κ3) is 3.78. The van der Waals surface area contributed by atoms with Crippen molar-refractivity contribution in [1.29, 1.82) is 0 Å². The second kappa shape index (κ2) is 8.36. The van der Waals surface area contributed by atoms with E-state index in [0.29, 0.717) is 5.78 Å². The van der Waals surface area contributed by atoms with E-state index in [1.165, 1.54) is 12.7 Å². The minimum absolute atomic E-state index is 0.0642. The van der Waals surface area contributed by atoms with Crippen LogP contribution in [0.4, 0.5) is 4.79 Å². The molecule has 35 heavy (non-hydrogen) atoms. The molecule has 174 valence electrons. The largest absolute Gasteiger partial charge is 0.452 e. The molecule has 1 aliphatic rings. The lowest BCUT2D eigenvalue weighted by Crippen LogP contribution is -2.20. The van der Waals surface area contributed by atoms with Gasteiger partial charge in [-0.15, -0.1) is 0 Å². The summed E-state index contributed by atoms with van der Waals surface area (Å²) < 4.78 is 7.77. The Labute approximate surface area is 207 Å². The molecule has 7 nitrogen and oxygen atoms in total. The Hall–Kier alpha value is -3.97. The van der Waals surface area contributed by atoms with Crippen LogP contribution in [0.3, 0.4) is 0 Å². The summed E-state index contributed by atoms with van der Waals surface area (Å²) in [6.07, 6.45) is 9.27. The summed E-state index contributed by atoms with van der Waals surface area (Å²) >= 11 is 5.96. The number of amides is 1. The van der Waals surface area contributed by atoms with E-state index in [0.717, 1.165) is 50.5 Å². The highest BCUT2D eigenvalue weighted by Crippen LogP contribution is 2.53. The summed E-state index contributed by atoms with van der Waals surface area (Å²) in [4.78, 5) is 25.2. The number of carbonyl (C=O) groups is 1. The van der Waals surface area contributed by atoms with Crippen molar-refractivity contribution < 1.29 is 9.53 Å². The lowest BCUT2D eigenvalue weighted by atomic mass is 9.91. The average Bonchev–Trinajstić information content (AvgIpc) is 3.60. The van der Waals surface area contributed by atoms with Crippen LogP contribution in [0.2, 0.25) is 0 Å². The molecule has 1 amide bonds. The molecular formula is C27H22ClN5O2. The molecule has 1 saturated carbocycles. The highest BCUT2D eigenvalue weighted by atomic mass is 35.5. The Morgan fingerprint density at radius 3 is 2.63 bits per heavy atom. The van der Waals surface area contributed by atoms with Gasteiger partial charge in [0, 0.05) is 46.7 Å². The first kappa shape index (κ1) is 21.6. The van der Waals surface area contributed by atoms with Gasteiger partial charge in [0.2, 0.25) is 5.78 Å². The van der Waals surface area contributed by atoms with Crippen LogP contribution >= 0.6 is 11.8 Å². The second-order valence-corrected chi connectivity index (χ2v) is 9.24. The number of methoxy groups -OCH3 is 1. The maximum Gasteiger partial charge on any atom is 0.424 e. The van der Waals surface area contributed by atoms with Gasteiger partial charge in [-0.25, -0.2) is 19.2 Å². The molecule has 1 aliphatic carbocycles. The topological polar surface area (TPSA) is 72.6 Å². The average molecular weight is 484 g/mol. The molecule has 3 heterocycles. The van der Waals surface area contributed by atoms with Gasteiger partial charge in [0.15, 0.2) is 0 Å². The molecular weight excluding hydrogens is 462 g/mol. The Balaban J connectivity index is 1.33. The maximum atomic E-state index is 11.5. The number of hydrogen-bond donors (Lipinski definition) is 0. The number of halogens is 1. The van der Waals surface area contributed by atoms with Gasteiger partial charge >= 0.3 is 6.09 Å². The smallest absolute Gasteiger partial charge is 0.424 e. The van der Waals surface area contributed by atoms with Crippen molar-refractivity contribution >= 4 is 34.6 Å². The molecule has 1 fully saturated rings. The predicted molar refractivity (Wildman–Crippen MR) is 134 cm³/mol. The molecule has 0 saturated heterocycles. The van der Waals surface area contributed by atoms with E-state index in [1.807, 2.05) is 48.9 Å². The Morgan fingerprint density at radius 1 is 1.06 bits per heavy atom. The van der Waals surface area contributed by atoms with Gasteiger partial charge < -0.3 is 4.74 Å². The Bertz CT molecular complexity index is 1560. The molecule has 0 unspecified atom stereocenters. The fourth-order valence-corrected chi connectivity index (χ4v) is 4.90. The molecule has 0 bridgehead atoms. The molecule has 0 N–H and O–H groups in total. The lowest BCUT2D eigenvalue weighted by Gasteiger charge is -2.17. The van der Waals surface area contributed by atoms with E-state index >= 15 is 0 Å². The zero-order valence-electron chi connectivity index (χ0n) is 19.1. The van der Waals surface area contributed by atoms with Crippen LogP contribution in [-0.4, -0.2) is 37.0 Å². The van der Waals surface area contributed by atoms with Crippen LogP contribution in [0.5, 0.6) is 0 Å². The normalized spacial score (nSPS) is 14.2. The molecule has 0 aliphatic heterocycles. The lowest BCUT2D eigenvalue weighted by molar-refractivity contribution is 0.148. The molecule has 6 rings (SSSR count). The number of ether oxygens (including phenoxy) is 1. The van der Waals surface area contributed by atoms with Crippen molar-refractivity contribution in [3.05, 3.63) is 96.2 Å². The van der Waals surface area contributed by atoms with E-state index in [1.54, 1.807) is 0 Å². The Morgan fingerprint density at radius 2 is 1.86 bits per heavy atom. The van der Waals surface area contributed by atoms with Crippen molar-refractivity contribution in [2.24, 2.45) is 0 Å². The fraction of sp³-hybridized carbons (Fsp3) is 0.185. The fourth-order valence-electron chi connectivity index (χ4n) is 4.69. The third-order valence-electron chi connectivity index (χ3n) is 6.74. The standard InChI is InChI=1S/C27H22ClN5O2/c1-35-26(34)33(28)16-18-4-6-19(7-5-18)21-14-30-25-31-15-24(32(25)17-21)27(10-11-27)22-8-9-23-20(13-22)3-2-12-29-23/h2-9,12-15,17H,10-11,16H2,1H3. The Kier molecular flexibility index (Phi) is 5.15. The first-order valence-electron chi connectivity index (χ1n) is 11.4. The van der Waals surface area contributed by atoms with E-state index in [9.17, 15) is 4.79 Å². The van der Waals surface area contributed by atoms with E-state index < -0.39 is 6.09 Å². The van der Waals surface area contributed by atoms with Crippen molar-refractivity contribution in [3.63, 3.8) is 0 Å². The molecule has 2 aromatic carbocycles. The molecule has 5 aromatic rings. The number of carbonyl (C=O) groups excluding carboxylic acids is 1. The molecule has 0 spiro atoms. The van der Waals surface area contributed by atoms with Crippen LogP contribution in [0.15, 0.2) is 79.4 Å². The number of benzene rings is 2. The molecule has 8 heteroatoms. The number of imidazole rings is 1. The maximum absolute atomic E-state index is 11.5. The van der Waals surface area contributed by atoms with Crippen molar-refractivity contribution in [2.45, 2.75) is 24.8 Å². The van der Waals surface area contributed by atoms with Crippen LogP contribution in [-0.2, 0) is 16.7 Å². The van der Waals surface area contributed by atoms with Gasteiger partial charge in [0.05, 0.1) is 31.1 Å². The van der Waals surface area contributed by atoms with Gasteiger partial charge in [0.1, 0.15) is 0 Å². The number of pyridine rings is 1. The van der Waals surface area contributed by atoms with Crippen LogP contribution in [0.25, 0.3) is 27.8 Å². The van der Waals surface area contributed by atoms with Gasteiger partial charge in [-0.05, 0) is 47.7 Å². The van der Waals surface area contributed by atoms with Gasteiger partial charge in [-0.3, -0.25) is 9.38 Å². The van der Waals surface area contributed by atoms with Gasteiger partial charge in [-0.2, -0.15) is 0 Å². The predicted octanol–water partition coefficient (Wildman–Crippen LogP) is 5.75. The zero-order valence-corrected chi connectivity index (χ0v) is 19.8. The van der Waals surface area contributed by atoms with Crippen molar-refractivity contribution in [2.75, 3.05) is 7.11 Å². The summed E-state index contributed by atoms with van der Waals surface area (Å²) in [5.41, 5.74) is 6.27. The van der Waals surface area contributed by atoms with E-state index in [-0.39, 0.29) is 12.0 Å². The van der Waals surface area contributed by atoms with Crippen LogP contribution < -0.4 is 0 Å². The van der Waals surface area contributed by atoms with E-state index in [2.05, 4.69) is 54.6 Å². The SMILES string of the molecule is COC(=O)N(Cl)Cc1ccc(-c2cnc3ncc(C4(c5ccc6ncccc6c5)CC4)n3c2)cc1. The minimum atomic E-state index is -0.588. The van der Waals surface area contributed by atoms with Crippen LogP contribution in [0.1, 0.15) is 29.7 Å². The first-order chi connectivity index (χ1) is 17.1. The molecule has 0 atom stereocenters. The monoisotopic (exact) mass is 483 g/mol. The highest BCUT2D eigenvalue weighted by molar-refractivity contribution is 6.20. The zero-order chi connectivity index (χ0) is 24.0. The van der Waals surface area contributed by atoms with Crippen molar-refractivity contribution in [3.8, 4) is 11.1 Å². The second-order valence-electron chi connectivity index (χ2n) is 8.84. The number of nitrogens with zero attached hydrogens (tertiary/aromatic N) is 5. The minimum Gasteiger partial charge on any atom is -0.452 e. The van der Waals surface area contributed by atoms with E-state index in [4.69, 9.17) is 11.8 Å². The first-order valence-corrected chi connectivity index (χ1v) is 11.7.